The fourth-order valence-electron chi connectivity index (χ4n) is 2.55. The normalized spacial score (nSPS) is 21.6. The van der Waals surface area contributed by atoms with Crippen molar-refractivity contribution in [3.63, 3.8) is 0 Å². The Morgan fingerprint density at radius 1 is 1.40 bits per heavy atom. The molecule has 0 saturated carbocycles. The highest BCUT2D eigenvalue weighted by Crippen LogP contribution is 2.17. The number of nitrogens with two attached hydrogens (primary N) is 1. The van der Waals surface area contributed by atoms with Crippen LogP contribution in [0.5, 0.6) is 0 Å². The highest BCUT2D eigenvalue weighted by atomic mass is 35.5. The van der Waals surface area contributed by atoms with Crippen molar-refractivity contribution < 1.29 is 9.59 Å². The minimum atomic E-state index is -0.485. The second-order valence-corrected chi connectivity index (χ2v) is 5.61. The summed E-state index contributed by atoms with van der Waals surface area (Å²) in [7, 11) is 0. The predicted octanol–water partition coefficient (Wildman–Crippen LogP) is 1.30. The van der Waals surface area contributed by atoms with Crippen LogP contribution in [0.25, 0.3) is 0 Å². The van der Waals surface area contributed by atoms with Crippen molar-refractivity contribution in [2.24, 2.45) is 11.7 Å². The molecule has 2 amide bonds. The topological polar surface area (TPSA) is 75.4 Å². The highest BCUT2D eigenvalue weighted by molar-refractivity contribution is 5.85. The average molecular weight is 306 g/mol. The first kappa shape index (κ1) is 19.2. The summed E-state index contributed by atoms with van der Waals surface area (Å²) in [4.78, 5) is 25.7. The van der Waals surface area contributed by atoms with Gasteiger partial charge in [-0.1, -0.05) is 13.3 Å². The first-order chi connectivity index (χ1) is 8.95. The number of halogens is 1. The molecule has 0 aromatic rings. The van der Waals surface area contributed by atoms with Gasteiger partial charge in [-0.3, -0.25) is 9.59 Å². The van der Waals surface area contributed by atoms with Crippen molar-refractivity contribution in [1.29, 1.82) is 0 Å². The zero-order valence-electron chi connectivity index (χ0n) is 12.7. The van der Waals surface area contributed by atoms with Gasteiger partial charge < -0.3 is 16.0 Å². The minimum Gasteiger partial charge on any atom is -0.353 e. The Balaban J connectivity index is 0.00000361. The van der Waals surface area contributed by atoms with Crippen molar-refractivity contribution in [2.45, 2.75) is 58.5 Å². The number of nitrogens with zero attached hydrogens (tertiary/aromatic N) is 1. The number of hydrogen-bond donors (Lipinski definition) is 2. The number of likely N-dealkylation sites (tertiary alicyclic amines) is 1. The van der Waals surface area contributed by atoms with Crippen LogP contribution in [-0.2, 0) is 9.59 Å². The molecule has 0 bridgehead atoms. The summed E-state index contributed by atoms with van der Waals surface area (Å²) < 4.78 is 0. The standard InChI is InChI=1S/C14H27N3O2.ClH/c1-4-6-10(2)16-13(18)12-7-5-8-17(9-12)14(19)11(3)15;/h10-12H,4-9,15H2,1-3H3,(H,16,18);1H/t10?,11-,12?;/m0./s1. The van der Waals surface area contributed by atoms with Crippen LogP contribution in [0.2, 0.25) is 0 Å². The lowest BCUT2D eigenvalue weighted by molar-refractivity contribution is -0.136. The maximum atomic E-state index is 12.1. The summed E-state index contributed by atoms with van der Waals surface area (Å²) in [5.74, 6) is -0.0713. The second kappa shape index (κ2) is 9.19. The summed E-state index contributed by atoms with van der Waals surface area (Å²) in [5.41, 5.74) is 5.62. The monoisotopic (exact) mass is 305 g/mol. The molecular weight excluding hydrogens is 278 g/mol. The zero-order chi connectivity index (χ0) is 14.4. The number of carbonyl (C=O) groups excluding carboxylic acids is 2. The van der Waals surface area contributed by atoms with Crippen LogP contribution in [0.3, 0.4) is 0 Å². The number of hydrogen-bond acceptors (Lipinski definition) is 3. The van der Waals surface area contributed by atoms with Gasteiger partial charge in [0.15, 0.2) is 0 Å². The van der Waals surface area contributed by atoms with Gasteiger partial charge in [-0.2, -0.15) is 0 Å². The Labute approximate surface area is 128 Å². The Bertz CT molecular complexity index is 324. The van der Waals surface area contributed by atoms with Gasteiger partial charge in [0.2, 0.25) is 11.8 Å². The van der Waals surface area contributed by atoms with Gasteiger partial charge in [-0.05, 0) is 33.1 Å². The van der Waals surface area contributed by atoms with Crippen LogP contribution in [0, 0.1) is 5.92 Å². The molecule has 0 radical (unpaired) electrons. The van der Waals surface area contributed by atoms with Crippen LogP contribution in [-0.4, -0.2) is 41.9 Å². The van der Waals surface area contributed by atoms with Crippen molar-refractivity contribution in [1.82, 2.24) is 10.2 Å². The highest BCUT2D eigenvalue weighted by Gasteiger charge is 2.29. The Morgan fingerprint density at radius 2 is 2.05 bits per heavy atom. The second-order valence-electron chi connectivity index (χ2n) is 5.61. The first-order valence-electron chi connectivity index (χ1n) is 7.30. The molecule has 2 unspecified atom stereocenters. The molecule has 3 atom stereocenters. The first-order valence-corrected chi connectivity index (χ1v) is 7.30. The lowest BCUT2D eigenvalue weighted by Crippen LogP contribution is -2.50. The van der Waals surface area contributed by atoms with E-state index < -0.39 is 6.04 Å². The number of rotatable bonds is 5. The molecule has 0 aromatic carbocycles. The van der Waals surface area contributed by atoms with Gasteiger partial charge in [0.05, 0.1) is 12.0 Å². The zero-order valence-corrected chi connectivity index (χ0v) is 13.5. The van der Waals surface area contributed by atoms with Crippen LogP contribution in [0.4, 0.5) is 0 Å². The molecule has 1 saturated heterocycles. The van der Waals surface area contributed by atoms with Gasteiger partial charge in [0.1, 0.15) is 0 Å². The molecule has 0 spiro atoms. The maximum Gasteiger partial charge on any atom is 0.239 e. The van der Waals surface area contributed by atoms with Crippen LogP contribution in [0.1, 0.15) is 46.5 Å². The van der Waals surface area contributed by atoms with Crippen molar-refractivity contribution >= 4 is 24.2 Å². The molecule has 1 heterocycles. The number of piperidine rings is 1. The van der Waals surface area contributed by atoms with E-state index in [0.717, 1.165) is 25.7 Å². The van der Waals surface area contributed by atoms with E-state index in [9.17, 15) is 9.59 Å². The quantitative estimate of drug-likeness (QED) is 0.804. The van der Waals surface area contributed by atoms with E-state index in [1.807, 2.05) is 6.92 Å². The Hall–Kier alpha value is -0.810. The fourth-order valence-corrected chi connectivity index (χ4v) is 2.55. The van der Waals surface area contributed by atoms with E-state index in [-0.39, 0.29) is 36.2 Å². The smallest absolute Gasteiger partial charge is 0.239 e. The maximum absolute atomic E-state index is 12.1. The van der Waals surface area contributed by atoms with E-state index in [2.05, 4.69) is 12.2 Å². The van der Waals surface area contributed by atoms with Crippen molar-refractivity contribution in [3.8, 4) is 0 Å². The SMILES string of the molecule is CCCC(C)NC(=O)C1CCCN(C(=O)[C@H](C)N)C1.Cl. The molecule has 1 rings (SSSR count). The molecule has 20 heavy (non-hydrogen) atoms. The lowest BCUT2D eigenvalue weighted by atomic mass is 9.96. The fraction of sp³-hybridized carbons (Fsp3) is 0.857. The van der Waals surface area contributed by atoms with E-state index in [1.54, 1.807) is 11.8 Å². The van der Waals surface area contributed by atoms with Crippen LogP contribution in [0.15, 0.2) is 0 Å². The van der Waals surface area contributed by atoms with Crippen LogP contribution < -0.4 is 11.1 Å². The van der Waals surface area contributed by atoms with Gasteiger partial charge in [-0.15, -0.1) is 12.4 Å². The van der Waals surface area contributed by atoms with E-state index in [0.29, 0.717) is 13.1 Å². The van der Waals surface area contributed by atoms with Gasteiger partial charge in [-0.25, -0.2) is 0 Å². The molecule has 1 fully saturated rings. The van der Waals surface area contributed by atoms with Crippen molar-refractivity contribution in [3.05, 3.63) is 0 Å². The number of nitrogens with one attached hydrogen (secondary N) is 1. The van der Waals surface area contributed by atoms with Gasteiger partial charge >= 0.3 is 0 Å². The van der Waals surface area contributed by atoms with E-state index >= 15 is 0 Å². The largest absolute Gasteiger partial charge is 0.353 e. The third kappa shape index (κ3) is 5.67. The summed E-state index contributed by atoms with van der Waals surface area (Å²) in [6.45, 7) is 7.04. The van der Waals surface area contributed by atoms with Crippen LogP contribution >= 0.6 is 12.4 Å². The minimum absolute atomic E-state index is 0. The molecular formula is C14H28ClN3O2. The third-order valence-corrected chi connectivity index (χ3v) is 3.60. The summed E-state index contributed by atoms with van der Waals surface area (Å²) in [5, 5.41) is 3.03. The molecule has 118 valence electrons. The molecule has 5 nitrogen and oxygen atoms in total. The molecule has 1 aliphatic heterocycles. The summed E-state index contributed by atoms with van der Waals surface area (Å²) >= 11 is 0. The number of amides is 2. The van der Waals surface area contributed by atoms with Crippen molar-refractivity contribution in [2.75, 3.05) is 13.1 Å². The molecule has 3 N–H and O–H groups in total. The molecule has 6 heteroatoms. The van der Waals surface area contributed by atoms with Gasteiger partial charge in [0.25, 0.3) is 0 Å². The molecule has 0 aromatic heterocycles. The predicted molar refractivity (Wildman–Crippen MR) is 82.7 cm³/mol. The summed E-state index contributed by atoms with van der Waals surface area (Å²) in [6.07, 6.45) is 3.77. The van der Waals surface area contributed by atoms with E-state index in [4.69, 9.17) is 5.73 Å². The third-order valence-electron chi connectivity index (χ3n) is 3.60. The van der Waals surface area contributed by atoms with E-state index in [1.165, 1.54) is 0 Å². The molecule has 1 aliphatic rings. The van der Waals surface area contributed by atoms with Gasteiger partial charge in [0, 0.05) is 19.1 Å². The number of carbonyl (C=O) groups is 2. The lowest BCUT2D eigenvalue weighted by Gasteiger charge is -2.33. The summed E-state index contributed by atoms with van der Waals surface area (Å²) in [6, 6.07) is -0.280. The molecule has 0 aliphatic carbocycles. The Morgan fingerprint density at radius 3 is 2.60 bits per heavy atom. The Kier molecular flexibility index (Phi) is 8.81. The average Bonchev–Trinajstić information content (AvgIpc) is 2.38.